The van der Waals surface area contributed by atoms with Crippen molar-refractivity contribution in [3.63, 3.8) is 0 Å². The minimum Gasteiger partial charge on any atom is -0.358 e. The van der Waals surface area contributed by atoms with E-state index >= 15 is 0 Å². The van der Waals surface area contributed by atoms with Crippen molar-refractivity contribution < 1.29 is 9.18 Å². The molecule has 1 N–H and O–H groups in total. The molecule has 3 heterocycles. The van der Waals surface area contributed by atoms with Gasteiger partial charge in [0.25, 0.3) is 5.78 Å². The molecule has 3 aromatic rings. The summed E-state index contributed by atoms with van der Waals surface area (Å²) in [5.74, 6) is 0.795. The summed E-state index contributed by atoms with van der Waals surface area (Å²) in [6, 6.07) is 7.74. The average Bonchev–Trinajstić information content (AvgIpc) is 3.23. The van der Waals surface area contributed by atoms with Gasteiger partial charge in [-0.3, -0.25) is 4.79 Å². The number of halogens is 1. The molecule has 134 valence electrons. The van der Waals surface area contributed by atoms with Gasteiger partial charge in [-0.2, -0.15) is 14.6 Å². The number of fused-ring (bicyclic) bond motifs is 1. The maximum absolute atomic E-state index is 14.0. The van der Waals surface area contributed by atoms with Crippen LogP contribution in [0.3, 0.4) is 0 Å². The summed E-state index contributed by atoms with van der Waals surface area (Å²) in [4.78, 5) is 22.9. The van der Waals surface area contributed by atoms with Crippen molar-refractivity contribution >= 4 is 23.2 Å². The molecule has 0 aliphatic carbocycles. The fourth-order valence-corrected chi connectivity index (χ4v) is 3.13. The van der Waals surface area contributed by atoms with Crippen LogP contribution in [0.1, 0.15) is 31.9 Å². The second-order valence-electron chi connectivity index (χ2n) is 6.62. The van der Waals surface area contributed by atoms with Crippen molar-refractivity contribution in [2.24, 2.45) is 0 Å². The fraction of sp³-hybridized carbons (Fsp3) is 0.333. The third-order valence-corrected chi connectivity index (χ3v) is 4.53. The third kappa shape index (κ3) is 2.77. The zero-order valence-electron chi connectivity index (χ0n) is 14.6. The summed E-state index contributed by atoms with van der Waals surface area (Å²) in [5, 5.41) is 7.41. The number of rotatable bonds is 4. The molecule has 0 saturated carbocycles. The first-order valence-corrected chi connectivity index (χ1v) is 8.57. The molecule has 1 aliphatic rings. The van der Waals surface area contributed by atoms with E-state index < -0.39 is 11.9 Å². The van der Waals surface area contributed by atoms with E-state index in [4.69, 9.17) is 0 Å². The quantitative estimate of drug-likeness (QED) is 0.779. The van der Waals surface area contributed by atoms with Gasteiger partial charge in [0.2, 0.25) is 5.91 Å². The van der Waals surface area contributed by atoms with E-state index in [1.165, 1.54) is 17.3 Å². The maximum atomic E-state index is 14.0. The average molecular weight is 354 g/mol. The first-order valence-electron chi connectivity index (χ1n) is 8.57. The zero-order valence-corrected chi connectivity index (χ0v) is 14.6. The van der Waals surface area contributed by atoms with Crippen molar-refractivity contribution in [1.82, 2.24) is 19.6 Å². The molecule has 2 aromatic heterocycles. The molecule has 0 spiro atoms. The summed E-state index contributed by atoms with van der Waals surface area (Å²) in [7, 11) is 0. The van der Waals surface area contributed by atoms with Crippen molar-refractivity contribution in [3.05, 3.63) is 48.2 Å². The lowest BCUT2D eigenvalue weighted by atomic mass is 10.1. The second-order valence-corrected chi connectivity index (χ2v) is 6.62. The number of aromatic nitrogens is 4. The van der Waals surface area contributed by atoms with E-state index in [0.29, 0.717) is 30.2 Å². The lowest BCUT2D eigenvalue weighted by molar-refractivity contribution is -0.117. The first kappa shape index (κ1) is 16.4. The van der Waals surface area contributed by atoms with Gasteiger partial charge < -0.3 is 10.2 Å². The summed E-state index contributed by atoms with van der Waals surface area (Å²) in [5.41, 5.74) is 1.18. The molecule has 1 atom stereocenters. The fourth-order valence-electron chi connectivity index (χ4n) is 3.13. The Balaban J connectivity index is 1.62. The van der Waals surface area contributed by atoms with E-state index in [1.54, 1.807) is 22.7 Å². The Morgan fingerprint density at radius 3 is 2.88 bits per heavy atom. The minimum atomic E-state index is -0.454. The number of hydrogen-bond acceptors (Lipinski definition) is 5. The van der Waals surface area contributed by atoms with Gasteiger partial charge in [-0.1, -0.05) is 26.0 Å². The van der Waals surface area contributed by atoms with Crippen LogP contribution in [0.4, 0.5) is 15.9 Å². The molecule has 26 heavy (non-hydrogen) atoms. The van der Waals surface area contributed by atoms with Crippen molar-refractivity contribution in [1.29, 1.82) is 0 Å². The Kier molecular flexibility index (Phi) is 4.02. The minimum absolute atomic E-state index is 0.161. The van der Waals surface area contributed by atoms with Crippen LogP contribution in [0.5, 0.6) is 0 Å². The summed E-state index contributed by atoms with van der Waals surface area (Å²) >= 11 is 0. The van der Waals surface area contributed by atoms with Crippen LogP contribution in [0.15, 0.2) is 36.7 Å². The van der Waals surface area contributed by atoms with Gasteiger partial charge in [0.1, 0.15) is 24.0 Å². The van der Waals surface area contributed by atoms with E-state index in [2.05, 4.69) is 20.4 Å². The summed E-state index contributed by atoms with van der Waals surface area (Å²) in [6.07, 6.45) is 2.00. The second kappa shape index (κ2) is 6.36. The summed E-state index contributed by atoms with van der Waals surface area (Å²) in [6.45, 7) is 4.54. The molecule has 0 radical (unpaired) electrons. The third-order valence-electron chi connectivity index (χ3n) is 4.53. The van der Waals surface area contributed by atoms with Crippen LogP contribution >= 0.6 is 0 Å². The largest absolute Gasteiger partial charge is 0.358 e. The number of hydrogen-bond donors (Lipinski definition) is 1. The monoisotopic (exact) mass is 354 g/mol. The highest BCUT2D eigenvalue weighted by Gasteiger charge is 2.34. The molecule has 0 bridgehead atoms. The molecule has 1 aromatic carbocycles. The SMILES string of the molecule is CC(C)c1cc(NC2CCN(c3ccccc3F)C2=O)n2ncnc2n1. The zero-order chi connectivity index (χ0) is 18.3. The Bertz CT molecular complexity index is 969. The van der Waals surface area contributed by atoms with Gasteiger partial charge in [0.15, 0.2) is 0 Å². The normalized spacial score (nSPS) is 17.5. The molecule has 4 rings (SSSR count). The number of nitrogens with zero attached hydrogens (tertiary/aromatic N) is 5. The molecule has 1 unspecified atom stereocenters. The number of nitrogens with one attached hydrogen (secondary N) is 1. The Morgan fingerprint density at radius 2 is 2.12 bits per heavy atom. The number of anilines is 2. The van der Waals surface area contributed by atoms with Gasteiger partial charge in [0.05, 0.1) is 11.4 Å². The number of carbonyl (C=O) groups is 1. The first-order chi connectivity index (χ1) is 12.5. The molecule has 1 saturated heterocycles. The van der Waals surface area contributed by atoms with Gasteiger partial charge in [0, 0.05) is 12.6 Å². The Hall–Kier alpha value is -3.03. The number of para-hydroxylation sites is 1. The van der Waals surface area contributed by atoms with Crippen molar-refractivity contribution in [2.45, 2.75) is 32.2 Å². The van der Waals surface area contributed by atoms with Crippen LogP contribution in [0.25, 0.3) is 5.78 Å². The van der Waals surface area contributed by atoms with Crippen molar-refractivity contribution in [2.75, 3.05) is 16.8 Å². The maximum Gasteiger partial charge on any atom is 0.254 e. The highest BCUT2D eigenvalue weighted by Crippen LogP contribution is 2.26. The molecule has 7 nitrogen and oxygen atoms in total. The predicted molar refractivity (Wildman–Crippen MR) is 95.7 cm³/mol. The topological polar surface area (TPSA) is 75.4 Å². The van der Waals surface area contributed by atoms with Gasteiger partial charge in [-0.25, -0.2) is 9.37 Å². The highest BCUT2D eigenvalue weighted by molar-refractivity contribution is 6.01. The molecule has 8 heteroatoms. The van der Waals surface area contributed by atoms with Crippen LogP contribution in [0, 0.1) is 5.82 Å². The molecule has 1 amide bonds. The van der Waals surface area contributed by atoms with Crippen LogP contribution in [0.2, 0.25) is 0 Å². The molecular formula is C18H19FN6O. The highest BCUT2D eigenvalue weighted by atomic mass is 19.1. The number of amides is 1. The number of carbonyl (C=O) groups excluding carboxylic acids is 1. The van der Waals surface area contributed by atoms with Gasteiger partial charge in [-0.05, 0) is 24.5 Å². The van der Waals surface area contributed by atoms with E-state index in [-0.39, 0.29) is 11.8 Å². The van der Waals surface area contributed by atoms with Gasteiger partial charge in [-0.15, -0.1) is 0 Å². The van der Waals surface area contributed by atoms with Crippen molar-refractivity contribution in [3.8, 4) is 0 Å². The Labute approximate surface area is 149 Å². The Morgan fingerprint density at radius 1 is 1.31 bits per heavy atom. The van der Waals surface area contributed by atoms with Crippen LogP contribution < -0.4 is 10.2 Å². The van der Waals surface area contributed by atoms with E-state index in [0.717, 1.165) is 5.69 Å². The summed E-state index contributed by atoms with van der Waals surface area (Å²) < 4.78 is 15.6. The van der Waals surface area contributed by atoms with E-state index in [1.807, 2.05) is 19.9 Å². The molecule has 1 fully saturated rings. The standard InChI is InChI=1S/C18H19FN6O/c1-11(2)14-9-16(25-18(23-14)20-10-21-25)22-13-7-8-24(17(13)26)15-6-4-3-5-12(15)19/h3-6,9-11,13,22H,7-8H2,1-2H3. The van der Waals surface area contributed by atoms with E-state index in [9.17, 15) is 9.18 Å². The lowest BCUT2D eigenvalue weighted by Gasteiger charge is -2.19. The van der Waals surface area contributed by atoms with Gasteiger partial charge >= 0.3 is 0 Å². The number of benzene rings is 1. The van der Waals surface area contributed by atoms with Crippen LogP contribution in [-0.2, 0) is 4.79 Å². The molecular weight excluding hydrogens is 335 g/mol. The smallest absolute Gasteiger partial charge is 0.254 e. The molecule has 1 aliphatic heterocycles. The predicted octanol–water partition coefficient (Wildman–Crippen LogP) is 2.60. The van der Waals surface area contributed by atoms with Crippen LogP contribution in [-0.4, -0.2) is 38.1 Å². The lowest BCUT2D eigenvalue weighted by Crippen LogP contribution is -2.34.